The quantitative estimate of drug-likeness (QED) is 0.796. The maximum Gasteiger partial charge on any atom is 0.278 e. The summed E-state index contributed by atoms with van der Waals surface area (Å²) in [4.78, 5) is 27.5. The van der Waals surface area contributed by atoms with E-state index in [1.807, 2.05) is 0 Å². The Morgan fingerprint density at radius 1 is 1.53 bits per heavy atom. The zero-order valence-corrected chi connectivity index (χ0v) is 12.1. The molecule has 0 saturated carbocycles. The summed E-state index contributed by atoms with van der Waals surface area (Å²) in [6, 6.07) is -0.674. The first-order chi connectivity index (χ1) is 8.84. The van der Waals surface area contributed by atoms with Gasteiger partial charge in [-0.2, -0.15) is 0 Å². The van der Waals surface area contributed by atoms with Crippen molar-refractivity contribution < 1.29 is 4.79 Å². The molecule has 0 aliphatic rings. The third-order valence-corrected chi connectivity index (χ3v) is 3.10. The third kappa shape index (κ3) is 3.96. The van der Waals surface area contributed by atoms with Crippen LogP contribution in [-0.2, 0) is 4.79 Å². The number of nitrogens with one attached hydrogen (secondary N) is 1. The van der Waals surface area contributed by atoms with E-state index in [1.165, 1.54) is 10.9 Å². The zero-order valence-electron chi connectivity index (χ0n) is 11.3. The minimum atomic E-state index is -0.674. The molecule has 1 atom stereocenters. The van der Waals surface area contributed by atoms with Crippen molar-refractivity contribution in [3.63, 3.8) is 0 Å². The average Bonchev–Trinajstić information content (AvgIpc) is 2.35. The molecule has 0 aliphatic heterocycles. The van der Waals surface area contributed by atoms with Crippen molar-refractivity contribution in [2.75, 3.05) is 12.3 Å². The molecule has 1 aromatic heterocycles. The Bertz CT molecular complexity index is 513. The molecular weight excluding hydrogens is 268 g/mol. The number of halogens is 1. The van der Waals surface area contributed by atoms with E-state index < -0.39 is 11.6 Å². The maximum absolute atomic E-state index is 11.9. The van der Waals surface area contributed by atoms with Gasteiger partial charge in [0.1, 0.15) is 18.1 Å². The number of aromatic nitrogens is 2. The number of hydrogen-bond donors (Lipinski definition) is 2. The number of carbonyl (C=O) groups is 1. The maximum atomic E-state index is 11.9. The number of nitrogen functional groups attached to an aromatic ring is 1. The van der Waals surface area contributed by atoms with Gasteiger partial charge in [-0.15, -0.1) is 0 Å². The van der Waals surface area contributed by atoms with Crippen LogP contribution in [0.5, 0.6) is 0 Å². The summed E-state index contributed by atoms with van der Waals surface area (Å²) in [6.45, 7) is 6.33. The lowest BCUT2D eigenvalue weighted by Crippen LogP contribution is -2.37. The monoisotopic (exact) mass is 286 g/mol. The Morgan fingerprint density at radius 3 is 2.74 bits per heavy atom. The molecule has 0 fully saturated rings. The molecule has 0 saturated heterocycles. The number of amides is 1. The van der Waals surface area contributed by atoms with E-state index in [4.69, 9.17) is 17.3 Å². The molecule has 3 N–H and O–H groups in total. The Balaban J connectivity index is 2.78. The number of anilines is 1. The second-order valence-electron chi connectivity index (χ2n) is 4.81. The molecule has 1 aromatic rings. The Morgan fingerprint density at radius 2 is 2.16 bits per heavy atom. The molecule has 0 aliphatic carbocycles. The zero-order chi connectivity index (χ0) is 14.6. The Kier molecular flexibility index (Phi) is 5.35. The Hall–Kier alpha value is -1.56. The molecule has 7 heteroatoms. The summed E-state index contributed by atoms with van der Waals surface area (Å²) in [5, 5.41) is 2.73. The lowest BCUT2D eigenvalue weighted by atomic mass is 10.1. The molecule has 1 heterocycles. The summed E-state index contributed by atoms with van der Waals surface area (Å²) in [7, 11) is 0. The summed E-state index contributed by atoms with van der Waals surface area (Å²) < 4.78 is 1.17. The van der Waals surface area contributed by atoms with E-state index >= 15 is 0 Å². The molecular formula is C12H19ClN4O2. The van der Waals surface area contributed by atoms with Crippen LogP contribution in [0.2, 0.25) is 5.15 Å². The average molecular weight is 287 g/mol. The van der Waals surface area contributed by atoms with Crippen LogP contribution in [0.3, 0.4) is 0 Å². The molecule has 0 spiro atoms. The van der Waals surface area contributed by atoms with Crippen molar-refractivity contribution in [3.05, 3.63) is 21.8 Å². The highest BCUT2D eigenvalue weighted by Crippen LogP contribution is 2.11. The fourth-order valence-corrected chi connectivity index (χ4v) is 1.62. The van der Waals surface area contributed by atoms with Gasteiger partial charge < -0.3 is 11.1 Å². The fraction of sp³-hybridized carbons (Fsp3) is 0.583. The van der Waals surface area contributed by atoms with Gasteiger partial charge in [0.05, 0.1) is 0 Å². The third-order valence-electron chi connectivity index (χ3n) is 2.80. The highest BCUT2D eigenvalue weighted by molar-refractivity contribution is 6.31. The summed E-state index contributed by atoms with van der Waals surface area (Å²) >= 11 is 5.64. The van der Waals surface area contributed by atoms with E-state index in [-0.39, 0.29) is 16.7 Å². The normalized spacial score (nSPS) is 12.5. The second-order valence-corrected chi connectivity index (χ2v) is 5.17. The number of nitrogens with zero attached hydrogens (tertiary/aromatic N) is 2. The van der Waals surface area contributed by atoms with Crippen molar-refractivity contribution in [2.45, 2.75) is 33.2 Å². The highest BCUT2D eigenvalue weighted by Gasteiger charge is 2.18. The van der Waals surface area contributed by atoms with E-state index in [9.17, 15) is 9.59 Å². The van der Waals surface area contributed by atoms with Gasteiger partial charge >= 0.3 is 0 Å². The molecule has 0 aromatic carbocycles. The van der Waals surface area contributed by atoms with Crippen molar-refractivity contribution >= 4 is 23.2 Å². The van der Waals surface area contributed by atoms with Crippen molar-refractivity contribution in [1.82, 2.24) is 14.9 Å². The van der Waals surface area contributed by atoms with Crippen molar-refractivity contribution in [3.8, 4) is 0 Å². The van der Waals surface area contributed by atoms with E-state index in [0.717, 1.165) is 6.42 Å². The van der Waals surface area contributed by atoms with Gasteiger partial charge in [-0.1, -0.05) is 25.4 Å². The van der Waals surface area contributed by atoms with Crippen molar-refractivity contribution in [2.24, 2.45) is 5.92 Å². The first-order valence-electron chi connectivity index (χ1n) is 6.14. The SMILES string of the molecule is CC(C)CCNC(=O)C(C)n1cnc(Cl)c(N)c1=O. The topological polar surface area (TPSA) is 90.0 Å². The number of nitrogens with two attached hydrogens (primary N) is 1. The molecule has 1 unspecified atom stereocenters. The van der Waals surface area contributed by atoms with Crippen LogP contribution in [0.15, 0.2) is 11.1 Å². The van der Waals surface area contributed by atoms with Gasteiger partial charge in [0.25, 0.3) is 5.56 Å². The van der Waals surface area contributed by atoms with Crippen LogP contribution in [-0.4, -0.2) is 22.0 Å². The van der Waals surface area contributed by atoms with Crippen LogP contribution in [0, 0.1) is 5.92 Å². The molecule has 0 radical (unpaired) electrons. The molecule has 1 amide bonds. The van der Waals surface area contributed by atoms with Crippen LogP contribution in [0.25, 0.3) is 0 Å². The number of hydrogen-bond acceptors (Lipinski definition) is 4. The number of carbonyl (C=O) groups excluding carboxylic acids is 1. The molecule has 19 heavy (non-hydrogen) atoms. The minimum Gasteiger partial charge on any atom is -0.392 e. The van der Waals surface area contributed by atoms with Gasteiger partial charge in [-0.05, 0) is 19.3 Å². The van der Waals surface area contributed by atoms with Crippen LogP contribution in [0.1, 0.15) is 33.2 Å². The predicted octanol–water partition coefficient (Wildman–Crippen LogP) is 1.20. The molecule has 0 bridgehead atoms. The largest absolute Gasteiger partial charge is 0.392 e. The van der Waals surface area contributed by atoms with Gasteiger partial charge in [0.2, 0.25) is 5.91 Å². The van der Waals surface area contributed by atoms with Crippen LogP contribution >= 0.6 is 11.6 Å². The van der Waals surface area contributed by atoms with Gasteiger partial charge in [0, 0.05) is 6.54 Å². The highest BCUT2D eigenvalue weighted by atomic mass is 35.5. The van der Waals surface area contributed by atoms with Crippen LogP contribution < -0.4 is 16.6 Å². The first kappa shape index (κ1) is 15.5. The molecule has 6 nitrogen and oxygen atoms in total. The second kappa shape index (κ2) is 6.56. The van der Waals surface area contributed by atoms with Crippen LogP contribution in [0.4, 0.5) is 5.69 Å². The van der Waals surface area contributed by atoms with E-state index in [1.54, 1.807) is 6.92 Å². The lowest BCUT2D eigenvalue weighted by molar-refractivity contribution is -0.123. The minimum absolute atomic E-state index is 0.0475. The predicted molar refractivity (Wildman–Crippen MR) is 75.1 cm³/mol. The van der Waals surface area contributed by atoms with Gasteiger partial charge in [0.15, 0.2) is 5.15 Å². The molecule has 106 valence electrons. The van der Waals surface area contributed by atoms with Crippen molar-refractivity contribution in [1.29, 1.82) is 0 Å². The van der Waals surface area contributed by atoms with Gasteiger partial charge in [-0.3, -0.25) is 14.2 Å². The Labute approximate surface area is 117 Å². The smallest absolute Gasteiger partial charge is 0.278 e. The molecule has 1 rings (SSSR count). The summed E-state index contributed by atoms with van der Waals surface area (Å²) in [5.74, 6) is 0.262. The fourth-order valence-electron chi connectivity index (χ4n) is 1.50. The summed E-state index contributed by atoms with van der Waals surface area (Å²) in [5.41, 5.74) is 4.85. The van der Waals surface area contributed by atoms with E-state index in [2.05, 4.69) is 24.1 Å². The number of rotatable bonds is 5. The van der Waals surface area contributed by atoms with E-state index in [0.29, 0.717) is 12.5 Å². The summed E-state index contributed by atoms with van der Waals surface area (Å²) in [6.07, 6.45) is 2.11. The van der Waals surface area contributed by atoms with Gasteiger partial charge in [-0.25, -0.2) is 4.98 Å². The lowest BCUT2D eigenvalue weighted by Gasteiger charge is -2.15. The first-order valence-corrected chi connectivity index (χ1v) is 6.52. The standard InChI is InChI=1S/C12H19ClN4O2/c1-7(2)4-5-15-11(18)8(3)17-6-16-10(13)9(14)12(17)19/h6-8H,4-5,14H2,1-3H3,(H,15,18).